The molecule has 0 spiro atoms. The number of amides is 1. The first kappa shape index (κ1) is 14.3. The minimum absolute atomic E-state index is 0.189. The van der Waals surface area contributed by atoms with Crippen molar-refractivity contribution in [1.29, 1.82) is 0 Å². The zero-order valence-electron chi connectivity index (χ0n) is 11.2. The minimum Gasteiger partial charge on any atom is -0.384 e. The highest BCUT2D eigenvalue weighted by molar-refractivity contribution is 7.10. The second-order valence-electron chi connectivity index (χ2n) is 4.28. The Balaban J connectivity index is 2.13. The van der Waals surface area contributed by atoms with Gasteiger partial charge in [0.25, 0.3) is 5.91 Å². The van der Waals surface area contributed by atoms with Crippen LogP contribution in [0.25, 0.3) is 0 Å². The molecule has 1 amide bonds. The first-order valence-electron chi connectivity index (χ1n) is 6.03. The summed E-state index contributed by atoms with van der Waals surface area (Å²) in [6.45, 7) is 3.65. The molecule has 0 aliphatic carbocycles. The fraction of sp³-hybridized carbons (Fsp3) is 0.200. The lowest BCUT2D eigenvalue weighted by Gasteiger charge is -2.05. The Kier molecular flexibility index (Phi) is 4.51. The fourth-order valence-corrected chi connectivity index (χ4v) is 2.50. The Morgan fingerprint density at radius 1 is 1.40 bits per heavy atom. The molecule has 20 heavy (non-hydrogen) atoms. The molecular weight excluding hydrogens is 272 g/mol. The van der Waals surface area contributed by atoms with Crippen LogP contribution in [-0.2, 0) is 0 Å². The Morgan fingerprint density at radius 3 is 2.90 bits per heavy atom. The maximum absolute atomic E-state index is 12.1. The maximum Gasteiger partial charge on any atom is 0.257 e. The highest BCUT2D eigenvalue weighted by Gasteiger charge is 2.09. The molecule has 0 aliphatic heterocycles. The van der Waals surface area contributed by atoms with Crippen molar-refractivity contribution in [2.24, 2.45) is 0 Å². The number of aliphatic hydroxyl groups excluding tert-OH is 1. The molecule has 5 heteroatoms. The van der Waals surface area contributed by atoms with E-state index >= 15 is 0 Å². The largest absolute Gasteiger partial charge is 0.384 e. The highest BCUT2D eigenvalue weighted by Crippen LogP contribution is 2.16. The average molecular weight is 286 g/mol. The quantitative estimate of drug-likeness (QED) is 0.833. The zero-order valence-corrected chi connectivity index (χ0v) is 12.0. The van der Waals surface area contributed by atoms with Crippen molar-refractivity contribution in [2.45, 2.75) is 13.8 Å². The predicted molar refractivity (Wildman–Crippen MR) is 79.9 cm³/mol. The number of aromatic nitrogens is 1. The van der Waals surface area contributed by atoms with Gasteiger partial charge in [-0.15, -0.1) is 11.3 Å². The van der Waals surface area contributed by atoms with E-state index in [-0.39, 0.29) is 12.5 Å². The Bertz CT molecular complexity index is 675. The van der Waals surface area contributed by atoms with E-state index in [1.165, 1.54) is 11.3 Å². The van der Waals surface area contributed by atoms with Gasteiger partial charge >= 0.3 is 0 Å². The first-order chi connectivity index (χ1) is 9.58. The first-order valence-corrected chi connectivity index (χ1v) is 6.91. The van der Waals surface area contributed by atoms with Gasteiger partial charge in [-0.1, -0.05) is 11.8 Å². The number of aliphatic hydroxyl groups is 1. The van der Waals surface area contributed by atoms with Gasteiger partial charge in [-0.05, 0) is 37.6 Å². The van der Waals surface area contributed by atoms with Crippen LogP contribution in [0.5, 0.6) is 0 Å². The second kappa shape index (κ2) is 6.33. The topological polar surface area (TPSA) is 62.2 Å². The molecule has 2 N–H and O–H groups in total. The molecule has 0 saturated carbocycles. The van der Waals surface area contributed by atoms with Gasteiger partial charge in [-0.25, -0.2) is 4.98 Å². The van der Waals surface area contributed by atoms with Crippen LogP contribution >= 0.6 is 11.3 Å². The normalized spacial score (nSPS) is 9.75. The van der Waals surface area contributed by atoms with Crippen molar-refractivity contribution >= 4 is 23.1 Å². The fourth-order valence-electron chi connectivity index (χ4n) is 1.74. The van der Waals surface area contributed by atoms with E-state index in [0.29, 0.717) is 11.4 Å². The lowest BCUT2D eigenvalue weighted by Crippen LogP contribution is -2.12. The maximum atomic E-state index is 12.1. The summed E-state index contributed by atoms with van der Waals surface area (Å²) in [7, 11) is 0. The zero-order chi connectivity index (χ0) is 14.5. The van der Waals surface area contributed by atoms with E-state index in [2.05, 4.69) is 22.1 Å². The number of hydrogen-bond donors (Lipinski definition) is 2. The number of nitrogens with zero attached hydrogens (tertiary/aromatic N) is 1. The number of nitrogens with one attached hydrogen (secondary N) is 1. The van der Waals surface area contributed by atoms with E-state index in [1.807, 2.05) is 26.0 Å². The SMILES string of the molecule is Cc1cc(C)nc(NC(=O)c2csc(C#CCO)c2)c1. The van der Waals surface area contributed by atoms with E-state index in [9.17, 15) is 4.79 Å². The number of carbonyl (C=O) groups excluding carboxylic acids is 1. The van der Waals surface area contributed by atoms with Crippen LogP contribution in [0.15, 0.2) is 23.6 Å². The molecule has 0 radical (unpaired) electrons. The van der Waals surface area contributed by atoms with E-state index in [0.717, 1.165) is 16.1 Å². The van der Waals surface area contributed by atoms with Gasteiger partial charge in [-0.2, -0.15) is 0 Å². The lowest BCUT2D eigenvalue weighted by atomic mass is 10.2. The summed E-state index contributed by atoms with van der Waals surface area (Å²) < 4.78 is 0. The summed E-state index contributed by atoms with van der Waals surface area (Å²) in [5, 5.41) is 13.1. The van der Waals surface area contributed by atoms with Crippen molar-refractivity contribution in [3.8, 4) is 11.8 Å². The molecule has 0 saturated heterocycles. The number of pyridine rings is 1. The van der Waals surface area contributed by atoms with Gasteiger partial charge in [0.15, 0.2) is 0 Å². The van der Waals surface area contributed by atoms with Crippen molar-refractivity contribution in [1.82, 2.24) is 4.98 Å². The van der Waals surface area contributed by atoms with Crippen LogP contribution in [0.2, 0.25) is 0 Å². The minimum atomic E-state index is -0.212. The lowest BCUT2D eigenvalue weighted by molar-refractivity contribution is 0.102. The van der Waals surface area contributed by atoms with Gasteiger partial charge in [-0.3, -0.25) is 4.79 Å². The third-order valence-corrected chi connectivity index (χ3v) is 3.34. The molecule has 0 fully saturated rings. The summed E-state index contributed by atoms with van der Waals surface area (Å²) in [6, 6.07) is 5.47. The van der Waals surface area contributed by atoms with Gasteiger partial charge in [0.05, 0.1) is 10.4 Å². The third kappa shape index (κ3) is 3.67. The molecule has 4 nitrogen and oxygen atoms in total. The molecule has 0 aromatic carbocycles. The van der Waals surface area contributed by atoms with Crippen LogP contribution in [-0.4, -0.2) is 22.6 Å². The second-order valence-corrected chi connectivity index (χ2v) is 5.20. The van der Waals surface area contributed by atoms with Crippen LogP contribution in [0, 0.1) is 25.7 Å². The van der Waals surface area contributed by atoms with Gasteiger partial charge < -0.3 is 10.4 Å². The Morgan fingerprint density at radius 2 is 2.20 bits per heavy atom. The molecule has 2 aromatic heterocycles. The standard InChI is InChI=1S/C15H14N2O2S/c1-10-6-11(2)16-14(7-10)17-15(19)12-8-13(20-9-12)4-3-5-18/h6-9,18H,5H2,1-2H3,(H,16,17,19). The number of thiophene rings is 1. The molecule has 102 valence electrons. The number of anilines is 1. The smallest absolute Gasteiger partial charge is 0.257 e. The van der Waals surface area contributed by atoms with Gasteiger partial charge in [0, 0.05) is 11.1 Å². The molecule has 0 unspecified atom stereocenters. The Labute approximate surface area is 121 Å². The highest BCUT2D eigenvalue weighted by atomic mass is 32.1. The summed E-state index contributed by atoms with van der Waals surface area (Å²) in [6.07, 6.45) is 0. The van der Waals surface area contributed by atoms with E-state index in [1.54, 1.807) is 11.4 Å². The number of aryl methyl sites for hydroxylation is 2. The summed E-state index contributed by atoms with van der Waals surface area (Å²) >= 11 is 1.37. The van der Waals surface area contributed by atoms with E-state index in [4.69, 9.17) is 5.11 Å². The average Bonchev–Trinajstić information content (AvgIpc) is 2.83. The molecule has 2 rings (SSSR count). The molecular formula is C15H14N2O2S. The molecule has 0 atom stereocenters. The van der Waals surface area contributed by atoms with E-state index < -0.39 is 0 Å². The van der Waals surface area contributed by atoms with Crippen LogP contribution in [0.1, 0.15) is 26.5 Å². The van der Waals surface area contributed by atoms with Gasteiger partial charge in [0.2, 0.25) is 0 Å². The molecule has 2 heterocycles. The molecule has 0 aliphatic rings. The number of rotatable bonds is 2. The van der Waals surface area contributed by atoms with Crippen LogP contribution in [0.4, 0.5) is 5.82 Å². The Hall–Kier alpha value is -2.16. The number of hydrogen-bond acceptors (Lipinski definition) is 4. The molecule has 2 aromatic rings. The summed E-state index contributed by atoms with van der Waals surface area (Å²) in [4.78, 5) is 17.1. The predicted octanol–water partition coefficient (Wildman–Crippen LogP) is 2.36. The van der Waals surface area contributed by atoms with Crippen LogP contribution in [0.3, 0.4) is 0 Å². The van der Waals surface area contributed by atoms with Crippen molar-refractivity contribution in [3.63, 3.8) is 0 Å². The number of carbonyl (C=O) groups is 1. The summed E-state index contributed by atoms with van der Waals surface area (Å²) in [5.74, 6) is 5.66. The van der Waals surface area contributed by atoms with Crippen molar-refractivity contribution in [3.05, 3.63) is 45.3 Å². The third-order valence-electron chi connectivity index (χ3n) is 2.49. The van der Waals surface area contributed by atoms with Crippen molar-refractivity contribution in [2.75, 3.05) is 11.9 Å². The summed E-state index contributed by atoms with van der Waals surface area (Å²) in [5.41, 5.74) is 2.45. The van der Waals surface area contributed by atoms with Crippen LogP contribution < -0.4 is 5.32 Å². The van der Waals surface area contributed by atoms with Gasteiger partial charge in [0.1, 0.15) is 12.4 Å². The monoisotopic (exact) mass is 286 g/mol. The molecule has 0 bridgehead atoms. The van der Waals surface area contributed by atoms with Crippen molar-refractivity contribution < 1.29 is 9.90 Å².